The lowest BCUT2D eigenvalue weighted by Crippen LogP contribution is -2.48. The van der Waals surface area contributed by atoms with Crippen LogP contribution in [0.4, 0.5) is 0 Å². The third kappa shape index (κ3) is 5.14. The maximum Gasteiger partial charge on any atom is 0.254 e. The van der Waals surface area contributed by atoms with Crippen LogP contribution in [0.25, 0.3) is 0 Å². The normalized spacial score (nSPS) is 20.1. The van der Waals surface area contributed by atoms with Crippen LogP contribution < -0.4 is 4.74 Å². The number of hydrogen-bond acceptors (Lipinski definition) is 3. The Morgan fingerprint density at radius 1 is 1.00 bits per heavy atom. The van der Waals surface area contributed by atoms with E-state index in [0.717, 1.165) is 11.3 Å². The Morgan fingerprint density at radius 2 is 1.57 bits per heavy atom. The van der Waals surface area contributed by atoms with Crippen molar-refractivity contribution in [3.8, 4) is 5.75 Å². The monoisotopic (exact) mass is 381 g/mol. The summed E-state index contributed by atoms with van der Waals surface area (Å²) in [6, 6.07) is 15.9. The molecule has 0 bridgehead atoms. The molecule has 0 spiro atoms. The van der Waals surface area contributed by atoms with Gasteiger partial charge in [-0.25, -0.2) is 0 Å². The molecule has 1 saturated heterocycles. The number of amides is 1. The standard InChI is InChI=1S/C24H31NO3/c1-17-14-25(15-18(2)28-17)23(26)20-8-6-19(7-9-20)16-27-22-12-10-21(11-13-22)24(3,4)5/h6-13,17-18H,14-16H2,1-5H3/t17-,18-/m1/s1. The van der Waals surface area contributed by atoms with Crippen molar-refractivity contribution in [1.29, 1.82) is 0 Å². The van der Waals surface area contributed by atoms with E-state index in [4.69, 9.17) is 9.47 Å². The second-order valence-electron chi connectivity index (χ2n) is 8.73. The lowest BCUT2D eigenvalue weighted by molar-refractivity contribution is -0.0586. The van der Waals surface area contributed by atoms with Crippen LogP contribution in [0.3, 0.4) is 0 Å². The molecule has 28 heavy (non-hydrogen) atoms. The number of benzene rings is 2. The average molecular weight is 382 g/mol. The van der Waals surface area contributed by atoms with Crippen molar-refractivity contribution in [2.24, 2.45) is 0 Å². The quantitative estimate of drug-likeness (QED) is 0.763. The summed E-state index contributed by atoms with van der Waals surface area (Å²) in [4.78, 5) is 14.6. The Labute approximate surface area is 168 Å². The molecule has 2 aromatic carbocycles. The van der Waals surface area contributed by atoms with E-state index in [1.54, 1.807) is 0 Å². The molecular weight excluding hydrogens is 350 g/mol. The number of carbonyl (C=O) groups excluding carboxylic acids is 1. The van der Waals surface area contributed by atoms with Crippen molar-refractivity contribution in [3.63, 3.8) is 0 Å². The highest BCUT2D eigenvalue weighted by Gasteiger charge is 2.26. The molecule has 0 saturated carbocycles. The molecule has 1 heterocycles. The minimum Gasteiger partial charge on any atom is -0.489 e. The highest BCUT2D eigenvalue weighted by atomic mass is 16.5. The molecule has 1 aliphatic rings. The molecule has 1 fully saturated rings. The number of hydrogen-bond donors (Lipinski definition) is 0. The van der Waals surface area contributed by atoms with Crippen molar-refractivity contribution in [1.82, 2.24) is 4.90 Å². The Kier molecular flexibility index (Phi) is 6.09. The zero-order chi connectivity index (χ0) is 20.3. The zero-order valence-electron chi connectivity index (χ0n) is 17.6. The zero-order valence-corrected chi connectivity index (χ0v) is 17.6. The first-order valence-corrected chi connectivity index (χ1v) is 9.99. The topological polar surface area (TPSA) is 38.8 Å². The summed E-state index contributed by atoms with van der Waals surface area (Å²) in [6.07, 6.45) is 0.148. The summed E-state index contributed by atoms with van der Waals surface area (Å²) in [7, 11) is 0. The van der Waals surface area contributed by atoms with Gasteiger partial charge in [0.15, 0.2) is 0 Å². The van der Waals surface area contributed by atoms with Crippen molar-refractivity contribution in [2.45, 2.75) is 58.8 Å². The summed E-state index contributed by atoms with van der Waals surface area (Å²) in [6.45, 7) is 12.4. The van der Waals surface area contributed by atoms with Gasteiger partial charge in [0, 0.05) is 18.7 Å². The van der Waals surface area contributed by atoms with Crippen molar-refractivity contribution >= 4 is 5.91 Å². The van der Waals surface area contributed by atoms with Gasteiger partial charge in [-0.2, -0.15) is 0 Å². The first-order chi connectivity index (χ1) is 13.2. The number of morpholine rings is 1. The predicted molar refractivity (Wildman–Crippen MR) is 112 cm³/mol. The molecule has 0 N–H and O–H groups in total. The SMILES string of the molecule is C[C@@H]1CN(C(=O)c2ccc(COc3ccc(C(C)(C)C)cc3)cc2)C[C@@H](C)O1. The van der Waals surface area contributed by atoms with Gasteiger partial charge in [-0.3, -0.25) is 4.79 Å². The number of carbonyl (C=O) groups is 1. The van der Waals surface area contributed by atoms with Crippen LogP contribution in [0.15, 0.2) is 48.5 Å². The van der Waals surface area contributed by atoms with Gasteiger partial charge in [0.25, 0.3) is 5.91 Å². The van der Waals surface area contributed by atoms with Gasteiger partial charge in [0.2, 0.25) is 0 Å². The van der Waals surface area contributed by atoms with Gasteiger partial charge < -0.3 is 14.4 Å². The molecule has 0 radical (unpaired) electrons. The average Bonchev–Trinajstić information content (AvgIpc) is 2.65. The van der Waals surface area contributed by atoms with E-state index < -0.39 is 0 Å². The molecule has 2 aromatic rings. The van der Waals surface area contributed by atoms with Gasteiger partial charge in [-0.1, -0.05) is 45.0 Å². The lowest BCUT2D eigenvalue weighted by Gasteiger charge is -2.35. The Hall–Kier alpha value is -2.33. The van der Waals surface area contributed by atoms with Gasteiger partial charge in [-0.15, -0.1) is 0 Å². The summed E-state index contributed by atoms with van der Waals surface area (Å²) in [5.41, 5.74) is 3.17. The van der Waals surface area contributed by atoms with Gasteiger partial charge in [-0.05, 0) is 54.7 Å². The summed E-state index contributed by atoms with van der Waals surface area (Å²) in [5, 5.41) is 0. The summed E-state index contributed by atoms with van der Waals surface area (Å²) < 4.78 is 11.6. The minimum atomic E-state index is 0.0623. The summed E-state index contributed by atoms with van der Waals surface area (Å²) in [5.74, 6) is 0.914. The first-order valence-electron chi connectivity index (χ1n) is 9.99. The fourth-order valence-corrected chi connectivity index (χ4v) is 3.49. The van der Waals surface area contributed by atoms with E-state index in [2.05, 4.69) is 32.9 Å². The van der Waals surface area contributed by atoms with Crippen LogP contribution in [-0.2, 0) is 16.8 Å². The minimum absolute atomic E-state index is 0.0623. The third-order valence-corrected chi connectivity index (χ3v) is 5.03. The Bertz CT molecular complexity index is 780. The molecule has 150 valence electrons. The van der Waals surface area contributed by atoms with E-state index >= 15 is 0 Å². The van der Waals surface area contributed by atoms with E-state index in [1.165, 1.54) is 5.56 Å². The highest BCUT2D eigenvalue weighted by Crippen LogP contribution is 2.24. The van der Waals surface area contributed by atoms with Crippen LogP contribution in [0.5, 0.6) is 5.75 Å². The molecule has 1 amide bonds. The van der Waals surface area contributed by atoms with E-state index in [-0.39, 0.29) is 23.5 Å². The second-order valence-corrected chi connectivity index (χ2v) is 8.73. The van der Waals surface area contributed by atoms with Crippen LogP contribution >= 0.6 is 0 Å². The third-order valence-electron chi connectivity index (χ3n) is 5.03. The number of nitrogens with zero attached hydrogens (tertiary/aromatic N) is 1. The fourth-order valence-electron chi connectivity index (χ4n) is 3.49. The Morgan fingerprint density at radius 3 is 2.11 bits per heavy atom. The molecule has 4 nitrogen and oxygen atoms in total. The summed E-state index contributed by atoms with van der Waals surface area (Å²) >= 11 is 0. The van der Waals surface area contributed by atoms with E-state index in [0.29, 0.717) is 25.3 Å². The Balaban J connectivity index is 1.58. The van der Waals surface area contributed by atoms with Crippen molar-refractivity contribution in [2.75, 3.05) is 13.1 Å². The molecule has 0 aliphatic carbocycles. The van der Waals surface area contributed by atoms with Crippen molar-refractivity contribution < 1.29 is 14.3 Å². The van der Waals surface area contributed by atoms with Crippen LogP contribution in [0.1, 0.15) is 56.1 Å². The van der Waals surface area contributed by atoms with E-state index in [9.17, 15) is 4.79 Å². The first kappa shape index (κ1) is 20.4. The largest absolute Gasteiger partial charge is 0.489 e. The fraction of sp³-hybridized carbons (Fsp3) is 0.458. The van der Waals surface area contributed by atoms with Crippen molar-refractivity contribution in [3.05, 3.63) is 65.2 Å². The molecule has 4 heteroatoms. The van der Waals surface area contributed by atoms with Crippen LogP contribution in [0, 0.1) is 0 Å². The molecular formula is C24H31NO3. The van der Waals surface area contributed by atoms with Gasteiger partial charge in [0.1, 0.15) is 12.4 Å². The molecule has 3 rings (SSSR count). The number of rotatable bonds is 4. The highest BCUT2D eigenvalue weighted by molar-refractivity contribution is 5.94. The van der Waals surface area contributed by atoms with Crippen LogP contribution in [0.2, 0.25) is 0 Å². The number of ether oxygens (including phenoxy) is 2. The molecule has 2 atom stereocenters. The van der Waals surface area contributed by atoms with Gasteiger partial charge in [0.05, 0.1) is 12.2 Å². The maximum atomic E-state index is 12.7. The van der Waals surface area contributed by atoms with E-state index in [1.807, 2.05) is 55.1 Å². The van der Waals surface area contributed by atoms with Crippen LogP contribution in [-0.4, -0.2) is 36.1 Å². The second kappa shape index (κ2) is 8.36. The predicted octanol–water partition coefficient (Wildman–Crippen LogP) is 4.81. The lowest BCUT2D eigenvalue weighted by atomic mass is 9.87. The molecule has 1 aliphatic heterocycles. The maximum absolute atomic E-state index is 12.7. The molecule has 0 unspecified atom stereocenters. The van der Waals surface area contributed by atoms with Gasteiger partial charge >= 0.3 is 0 Å². The smallest absolute Gasteiger partial charge is 0.254 e. The molecule has 0 aromatic heterocycles.